The monoisotopic (exact) mass is 428 g/mol. The fourth-order valence-electron chi connectivity index (χ4n) is 3.47. The molecule has 0 saturated heterocycles. The van der Waals surface area contributed by atoms with Crippen LogP contribution in [0, 0.1) is 11.8 Å². The van der Waals surface area contributed by atoms with Gasteiger partial charge >= 0.3 is 17.9 Å². The third-order valence-electron chi connectivity index (χ3n) is 5.50. The van der Waals surface area contributed by atoms with Crippen molar-refractivity contribution in [1.29, 1.82) is 0 Å². The second kappa shape index (κ2) is 18.2. The molecular weight excluding hydrogens is 384 g/mol. The van der Waals surface area contributed by atoms with Gasteiger partial charge < -0.3 is 14.6 Å². The van der Waals surface area contributed by atoms with Crippen molar-refractivity contribution >= 4 is 17.9 Å². The molecule has 0 heterocycles. The van der Waals surface area contributed by atoms with Gasteiger partial charge in [-0.05, 0) is 25.2 Å². The van der Waals surface area contributed by atoms with E-state index in [1.54, 1.807) is 0 Å². The minimum absolute atomic E-state index is 0.0280. The maximum atomic E-state index is 12.3. The number of carbonyl (C=O) groups is 3. The predicted octanol–water partition coefficient (Wildman–Crippen LogP) is 6.26. The zero-order valence-electron chi connectivity index (χ0n) is 19.6. The van der Waals surface area contributed by atoms with Crippen molar-refractivity contribution < 1.29 is 29.0 Å². The SMILES string of the molecule is CCCCCCC(=O)OC(OC(=O)CCCCCC)C(C)C(CCCC)CC(=O)O. The average molecular weight is 429 g/mol. The lowest BCUT2D eigenvalue weighted by Gasteiger charge is -2.29. The highest BCUT2D eigenvalue weighted by molar-refractivity contribution is 5.71. The van der Waals surface area contributed by atoms with Crippen LogP contribution in [0.1, 0.15) is 118 Å². The highest BCUT2D eigenvalue weighted by atomic mass is 16.7. The van der Waals surface area contributed by atoms with Gasteiger partial charge in [0, 0.05) is 25.2 Å². The Balaban J connectivity index is 5.04. The summed E-state index contributed by atoms with van der Waals surface area (Å²) < 4.78 is 11.1. The van der Waals surface area contributed by atoms with Crippen molar-refractivity contribution in [3.8, 4) is 0 Å². The number of hydrogen-bond donors (Lipinski definition) is 1. The summed E-state index contributed by atoms with van der Waals surface area (Å²) in [6.07, 6.45) is 9.75. The Kier molecular flexibility index (Phi) is 17.2. The third kappa shape index (κ3) is 14.4. The molecule has 176 valence electrons. The number of ether oxygens (including phenoxy) is 2. The van der Waals surface area contributed by atoms with Gasteiger partial charge in [-0.3, -0.25) is 14.4 Å². The van der Waals surface area contributed by atoms with E-state index in [0.717, 1.165) is 64.2 Å². The number of rotatable bonds is 19. The van der Waals surface area contributed by atoms with E-state index < -0.39 is 12.3 Å². The third-order valence-corrected chi connectivity index (χ3v) is 5.50. The molecular formula is C24H44O6. The van der Waals surface area contributed by atoms with Crippen LogP contribution >= 0.6 is 0 Å². The lowest BCUT2D eigenvalue weighted by Crippen LogP contribution is -2.35. The summed E-state index contributed by atoms with van der Waals surface area (Å²) in [6.45, 7) is 8.08. The Hall–Kier alpha value is -1.59. The molecule has 0 rings (SSSR count). The molecule has 0 aliphatic heterocycles. The van der Waals surface area contributed by atoms with Gasteiger partial charge in [0.2, 0.25) is 6.29 Å². The molecule has 0 aliphatic rings. The van der Waals surface area contributed by atoms with Crippen molar-refractivity contribution in [1.82, 2.24) is 0 Å². The number of carbonyl (C=O) groups excluding carboxylic acids is 2. The summed E-state index contributed by atoms with van der Waals surface area (Å²) >= 11 is 0. The first-order valence-electron chi connectivity index (χ1n) is 12.0. The number of esters is 2. The van der Waals surface area contributed by atoms with E-state index >= 15 is 0 Å². The summed E-state index contributed by atoms with van der Waals surface area (Å²) in [5.41, 5.74) is 0. The van der Waals surface area contributed by atoms with E-state index in [1.165, 1.54) is 0 Å². The predicted molar refractivity (Wildman–Crippen MR) is 118 cm³/mol. The van der Waals surface area contributed by atoms with Crippen LogP contribution in [-0.2, 0) is 23.9 Å². The van der Waals surface area contributed by atoms with Gasteiger partial charge in [-0.15, -0.1) is 0 Å². The van der Waals surface area contributed by atoms with Crippen LogP contribution < -0.4 is 0 Å². The molecule has 0 radical (unpaired) electrons. The Morgan fingerprint density at radius 1 is 0.733 bits per heavy atom. The molecule has 0 spiro atoms. The first-order valence-corrected chi connectivity index (χ1v) is 12.0. The Morgan fingerprint density at radius 3 is 1.60 bits per heavy atom. The molecule has 6 nitrogen and oxygen atoms in total. The standard InChI is InChI=1S/C24H44O6/c1-5-8-11-13-16-22(27)29-24(30-23(28)17-14-12-9-6-2)19(4)20(15-10-7-3)18-21(25)26/h19-20,24H,5-18H2,1-4H3,(H,25,26). The molecule has 0 saturated carbocycles. The summed E-state index contributed by atoms with van der Waals surface area (Å²) in [5, 5.41) is 9.30. The van der Waals surface area contributed by atoms with Crippen LogP contribution in [0.3, 0.4) is 0 Å². The van der Waals surface area contributed by atoms with Gasteiger partial charge in [-0.1, -0.05) is 79.1 Å². The van der Waals surface area contributed by atoms with Crippen LogP contribution in [0.15, 0.2) is 0 Å². The molecule has 2 atom stereocenters. The van der Waals surface area contributed by atoms with Gasteiger partial charge in [0.1, 0.15) is 0 Å². The number of unbranched alkanes of at least 4 members (excludes halogenated alkanes) is 7. The van der Waals surface area contributed by atoms with Gasteiger partial charge in [-0.25, -0.2) is 0 Å². The van der Waals surface area contributed by atoms with E-state index in [2.05, 4.69) is 13.8 Å². The summed E-state index contributed by atoms with van der Waals surface area (Å²) in [5.74, 6) is -2.24. The number of hydrogen-bond acceptors (Lipinski definition) is 5. The lowest BCUT2D eigenvalue weighted by atomic mass is 9.86. The summed E-state index contributed by atoms with van der Waals surface area (Å²) in [7, 11) is 0. The van der Waals surface area contributed by atoms with Gasteiger partial charge in [-0.2, -0.15) is 0 Å². The molecule has 0 bridgehead atoms. The van der Waals surface area contributed by atoms with Crippen LogP contribution in [0.2, 0.25) is 0 Å². The normalized spacial score (nSPS) is 13.1. The van der Waals surface area contributed by atoms with Crippen LogP contribution in [0.5, 0.6) is 0 Å². The molecule has 30 heavy (non-hydrogen) atoms. The van der Waals surface area contributed by atoms with Crippen LogP contribution in [0.25, 0.3) is 0 Å². The molecule has 2 unspecified atom stereocenters. The smallest absolute Gasteiger partial charge is 0.308 e. The lowest BCUT2D eigenvalue weighted by molar-refractivity contribution is -0.201. The highest BCUT2D eigenvalue weighted by Crippen LogP contribution is 2.28. The largest absolute Gasteiger partial charge is 0.481 e. The maximum Gasteiger partial charge on any atom is 0.308 e. The molecule has 0 aromatic heterocycles. The molecule has 0 amide bonds. The van der Waals surface area contributed by atoms with Crippen LogP contribution in [0.4, 0.5) is 0 Å². The van der Waals surface area contributed by atoms with Crippen molar-refractivity contribution in [3.63, 3.8) is 0 Å². The number of carboxylic acids is 1. The van der Waals surface area contributed by atoms with Crippen molar-refractivity contribution in [2.45, 2.75) is 124 Å². The van der Waals surface area contributed by atoms with E-state index in [4.69, 9.17) is 9.47 Å². The van der Waals surface area contributed by atoms with Crippen molar-refractivity contribution in [2.24, 2.45) is 11.8 Å². The molecule has 1 N–H and O–H groups in total. The van der Waals surface area contributed by atoms with E-state index in [-0.39, 0.29) is 43.0 Å². The van der Waals surface area contributed by atoms with Crippen molar-refractivity contribution in [2.75, 3.05) is 0 Å². The maximum absolute atomic E-state index is 12.3. The quantitative estimate of drug-likeness (QED) is 0.148. The Labute approximate surface area is 183 Å². The molecule has 6 heteroatoms. The number of carboxylic acid groups (broad SMARTS) is 1. The summed E-state index contributed by atoms with van der Waals surface area (Å²) in [4.78, 5) is 36.0. The molecule has 0 aromatic rings. The second-order valence-electron chi connectivity index (χ2n) is 8.33. The first kappa shape index (κ1) is 28.4. The Bertz CT molecular complexity index is 450. The minimum Gasteiger partial charge on any atom is -0.481 e. The molecule has 0 aliphatic carbocycles. The second-order valence-corrected chi connectivity index (χ2v) is 8.33. The summed E-state index contributed by atoms with van der Waals surface area (Å²) in [6, 6.07) is 0. The van der Waals surface area contributed by atoms with Crippen molar-refractivity contribution in [3.05, 3.63) is 0 Å². The number of aliphatic carboxylic acids is 1. The average Bonchev–Trinajstić information content (AvgIpc) is 2.70. The van der Waals surface area contributed by atoms with Crippen LogP contribution in [-0.4, -0.2) is 29.3 Å². The minimum atomic E-state index is -1.02. The highest BCUT2D eigenvalue weighted by Gasteiger charge is 2.32. The Morgan fingerprint density at radius 2 is 1.20 bits per heavy atom. The first-order chi connectivity index (χ1) is 14.3. The molecule has 0 fully saturated rings. The zero-order valence-corrected chi connectivity index (χ0v) is 19.6. The van der Waals surface area contributed by atoms with E-state index in [0.29, 0.717) is 6.42 Å². The zero-order chi connectivity index (χ0) is 22.8. The van der Waals surface area contributed by atoms with Gasteiger partial charge in [0.25, 0.3) is 0 Å². The molecule has 0 aromatic carbocycles. The van der Waals surface area contributed by atoms with E-state index in [9.17, 15) is 19.5 Å². The van der Waals surface area contributed by atoms with Gasteiger partial charge in [0.05, 0.1) is 0 Å². The van der Waals surface area contributed by atoms with Gasteiger partial charge in [0.15, 0.2) is 0 Å². The fourth-order valence-corrected chi connectivity index (χ4v) is 3.47. The fraction of sp³-hybridized carbons (Fsp3) is 0.875. The van der Waals surface area contributed by atoms with E-state index in [1.807, 2.05) is 13.8 Å². The topological polar surface area (TPSA) is 89.9 Å².